The number of carbonyl (C=O) groups excluding carboxylic acids is 1. The second kappa shape index (κ2) is 4.67. The molecule has 1 amide bonds. The average Bonchev–Trinajstić information content (AvgIpc) is 2.66. The molecule has 0 radical (unpaired) electrons. The lowest BCUT2D eigenvalue weighted by atomic mass is 10.2. The molecule has 1 aromatic rings. The van der Waals surface area contributed by atoms with Gasteiger partial charge in [0.1, 0.15) is 5.69 Å². The number of rotatable bonds is 4. The van der Waals surface area contributed by atoms with Crippen LogP contribution in [-0.4, -0.2) is 28.6 Å². The van der Waals surface area contributed by atoms with E-state index in [1.54, 1.807) is 18.3 Å². The first-order chi connectivity index (χ1) is 6.27. The molecule has 4 heteroatoms. The lowest BCUT2D eigenvalue weighted by Crippen LogP contribution is -2.37. The van der Waals surface area contributed by atoms with Crippen LogP contribution in [-0.2, 0) is 0 Å². The maximum Gasteiger partial charge on any atom is 0.267 e. The molecule has 0 fully saturated rings. The summed E-state index contributed by atoms with van der Waals surface area (Å²) in [6, 6.07) is 3.30. The van der Waals surface area contributed by atoms with Gasteiger partial charge >= 0.3 is 0 Å². The summed E-state index contributed by atoms with van der Waals surface area (Å²) in [5, 5.41) is 11.5. The third-order valence-electron chi connectivity index (χ3n) is 1.89. The van der Waals surface area contributed by atoms with Gasteiger partial charge in [-0.2, -0.15) is 0 Å². The fourth-order valence-corrected chi connectivity index (χ4v) is 1.01. The predicted octanol–water partition coefficient (Wildman–Crippen LogP) is 0.515. The van der Waals surface area contributed by atoms with Crippen molar-refractivity contribution in [2.24, 2.45) is 0 Å². The van der Waals surface area contributed by atoms with Crippen molar-refractivity contribution < 1.29 is 9.90 Å². The third kappa shape index (κ3) is 2.59. The number of hydrogen-bond donors (Lipinski definition) is 3. The minimum absolute atomic E-state index is 0.0249. The van der Waals surface area contributed by atoms with Gasteiger partial charge < -0.3 is 15.4 Å². The molecule has 0 aromatic carbocycles. The van der Waals surface area contributed by atoms with Crippen molar-refractivity contribution in [3.05, 3.63) is 24.0 Å². The Hall–Kier alpha value is -1.29. The largest absolute Gasteiger partial charge is 0.394 e. The van der Waals surface area contributed by atoms with Crippen molar-refractivity contribution in [3.63, 3.8) is 0 Å². The summed E-state index contributed by atoms with van der Waals surface area (Å²) in [6.45, 7) is 1.89. The maximum absolute atomic E-state index is 11.4. The Kier molecular flexibility index (Phi) is 3.52. The summed E-state index contributed by atoms with van der Waals surface area (Å²) in [5.41, 5.74) is 0.520. The van der Waals surface area contributed by atoms with Crippen LogP contribution in [0.3, 0.4) is 0 Å². The number of aliphatic hydroxyl groups excluding tert-OH is 1. The van der Waals surface area contributed by atoms with Crippen LogP contribution in [0.5, 0.6) is 0 Å². The molecule has 0 saturated heterocycles. The molecule has 0 spiro atoms. The molecule has 4 nitrogen and oxygen atoms in total. The lowest BCUT2D eigenvalue weighted by molar-refractivity contribution is 0.0910. The SMILES string of the molecule is CCC(CO)NC(=O)c1ccc[nH]1. The molecule has 0 bridgehead atoms. The quantitative estimate of drug-likeness (QED) is 0.635. The molecule has 13 heavy (non-hydrogen) atoms. The number of hydrogen-bond acceptors (Lipinski definition) is 2. The van der Waals surface area contributed by atoms with Gasteiger partial charge in [-0.15, -0.1) is 0 Å². The average molecular weight is 182 g/mol. The fraction of sp³-hybridized carbons (Fsp3) is 0.444. The van der Waals surface area contributed by atoms with Crippen molar-refractivity contribution in [1.29, 1.82) is 0 Å². The Morgan fingerprint density at radius 2 is 2.54 bits per heavy atom. The van der Waals surface area contributed by atoms with Crippen molar-refractivity contribution in [1.82, 2.24) is 10.3 Å². The van der Waals surface area contributed by atoms with Crippen LogP contribution in [0.4, 0.5) is 0 Å². The number of aromatic amines is 1. The van der Waals surface area contributed by atoms with E-state index in [9.17, 15) is 4.79 Å². The topological polar surface area (TPSA) is 65.1 Å². The Morgan fingerprint density at radius 1 is 1.77 bits per heavy atom. The molecule has 1 rings (SSSR count). The van der Waals surface area contributed by atoms with Gasteiger partial charge in [0.2, 0.25) is 0 Å². The second-order valence-corrected chi connectivity index (χ2v) is 2.85. The standard InChI is InChI=1S/C9H14N2O2/c1-2-7(6-12)11-9(13)8-4-3-5-10-8/h3-5,7,10,12H,2,6H2,1H3,(H,11,13). The van der Waals surface area contributed by atoms with Gasteiger partial charge in [-0.3, -0.25) is 4.79 Å². The van der Waals surface area contributed by atoms with Crippen LogP contribution in [0, 0.1) is 0 Å². The van der Waals surface area contributed by atoms with Gasteiger partial charge in [-0.05, 0) is 18.6 Å². The lowest BCUT2D eigenvalue weighted by Gasteiger charge is -2.12. The molecular formula is C9H14N2O2. The summed E-state index contributed by atoms with van der Waals surface area (Å²) in [6.07, 6.45) is 2.41. The molecule has 0 saturated carbocycles. The van der Waals surface area contributed by atoms with E-state index in [1.165, 1.54) is 0 Å². The number of amides is 1. The van der Waals surface area contributed by atoms with Crippen molar-refractivity contribution in [2.75, 3.05) is 6.61 Å². The van der Waals surface area contributed by atoms with Gasteiger partial charge in [0.05, 0.1) is 12.6 Å². The van der Waals surface area contributed by atoms with E-state index in [4.69, 9.17) is 5.11 Å². The zero-order chi connectivity index (χ0) is 9.68. The van der Waals surface area contributed by atoms with Gasteiger partial charge in [-0.25, -0.2) is 0 Å². The number of aliphatic hydroxyl groups is 1. The van der Waals surface area contributed by atoms with Gasteiger partial charge in [-0.1, -0.05) is 6.92 Å². The Balaban J connectivity index is 2.50. The van der Waals surface area contributed by atoms with E-state index >= 15 is 0 Å². The molecule has 1 atom stereocenters. The van der Waals surface area contributed by atoms with Crippen LogP contribution < -0.4 is 5.32 Å². The summed E-state index contributed by atoms with van der Waals surface area (Å²) in [7, 11) is 0. The molecule has 0 aliphatic rings. The number of nitrogens with one attached hydrogen (secondary N) is 2. The molecule has 3 N–H and O–H groups in total. The summed E-state index contributed by atoms with van der Waals surface area (Å²) in [4.78, 5) is 14.2. The van der Waals surface area contributed by atoms with Gasteiger partial charge in [0, 0.05) is 6.20 Å². The zero-order valence-corrected chi connectivity index (χ0v) is 7.58. The second-order valence-electron chi connectivity index (χ2n) is 2.85. The van der Waals surface area contributed by atoms with Crippen molar-refractivity contribution >= 4 is 5.91 Å². The molecule has 1 heterocycles. The summed E-state index contributed by atoms with van der Waals surface area (Å²) < 4.78 is 0. The first-order valence-corrected chi connectivity index (χ1v) is 4.33. The van der Waals surface area contributed by atoms with E-state index in [0.717, 1.165) is 6.42 Å². The van der Waals surface area contributed by atoms with Gasteiger partial charge in [0.15, 0.2) is 0 Å². The minimum atomic E-state index is -0.175. The normalized spacial score (nSPS) is 12.5. The van der Waals surface area contributed by atoms with Gasteiger partial charge in [0.25, 0.3) is 5.91 Å². The van der Waals surface area contributed by atoms with E-state index in [-0.39, 0.29) is 18.6 Å². The Labute approximate surface area is 77.0 Å². The predicted molar refractivity (Wildman–Crippen MR) is 49.4 cm³/mol. The third-order valence-corrected chi connectivity index (χ3v) is 1.89. The van der Waals surface area contributed by atoms with Crippen LogP contribution in [0.25, 0.3) is 0 Å². The number of aromatic nitrogens is 1. The molecule has 0 aliphatic carbocycles. The van der Waals surface area contributed by atoms with Crippen LogP contribution in [0.2, 0.25) is 0 Å². The molecule has 1 unspecified atom stereocenters. The molecule has 0 aliphatic heterocycles. The smallest absolute Gasteiger partial charge is 0.267 e. The minimum Gasteiger partial charge on any atom is -0.394 e. The van der Waals surface area contributed by atoms with Crippen molar-refractivity contribution in [2.45, 2.75) is 19.4 Å². The number of carbonyl (C=O) groups is 1. The highest BCUT2D eigenvalue weighted by Gasteiger charge is 2.10. The van der Waals surface area contributed by atoms with Crippen LogP contribution in [0.1, 0.15) is 23.8 Å². The van der Waals surface area contributed by atoms with Crippen molar-refractivity contribution in [3.8, 4) is 0 Å². The summed E-state index contributed by atoms with van der Waals surface area (Å²) >= 11 is 0. The Bertz CT molecular complexity index is 253. The first-order valence-electron chi connectivity index (χ1n) is 4.33. The molecule has 72 valence electrons. The number of H-pyrrole nitrogens is 1. The van der Waals surface area contributed by atoms with E-state index in [0.29, 0.717) is 5.69 Å². The van der Waals surface area contributed by atoms with E-state index in [2.05, 4.69) is 10.3 Å². The van der Waals surface area contributed by atoms with Crippen LogP contribution in [0.15, 0.2) is 18.3 Å². The molecular weight excluding hydrogens is 168 g/mol. The monoisotopic (exact) mass is 182 g/mol. The maximum atomic E-state index is 11.4. The molecule has 1 aromatic heterocycles. The fourth-order valence-electron chi connectivity index (χ4n) is 1.01. The highest BCUT2D eigenvalue weighted by atomic mass is 16.3. The first kappa shape index (κ1) is 9.80. The highest BCUT2D eigenvalue weighted by molar-refractivity contribution is 5.92. The van der Waals surface area contributed by atoms with Crippen LogP contribution >= 0.6 is 0 Å². The summed E-state index contributed by atoms with van der Waals surface area (Å²) in [5.74, 6) is -0.175. The highest BCUT2D eigenvalue weighted by Crippen LogP contribution is 1.96. The van der Waals surface area contributed by atoms with E-state index in [1.807, 2.05) is 6.92 Å². The van der Waals surface area contributed by atoms with E-state index < -0.39 is 0 Å². The Morgan fingerprint density at radius 3 is 3.00 bits per heavy atom. The zero-order valence-electron chi connectivity index (χ0n) is 7.58.